The number of esters is 1. The number of hydrogen-bond donors (Lipinski definition) is 3. The Labute approximate surface area is 284 Å². The van der Waals surface area contributed by atoms with Crippen LogP contribution in [0.2, 0.25) is 0 Å². The third-order valence-corrected chi connectivity index (χ3v) is 7.98. The number of alkyl carbamates (subject to hydrolysis) is 1. The summed E-state index contributed by atoms with van der Waals surface area (Å²) in [6.07, 6.45) is -0.334. The van der Waals surface area contributed by atoms with Crippen LogP contribution < -0.4 is 16.4 Å². The molecule has 4 N–H and O–H groups in total. The standard InChI is InChI=1S/C37H52N4O7/c1-22-14-13-15-23(2)30(22)31(32(43)39-27(34(45)47-36(4,5)6)21-25-16-11-10-12-17-25)41(28-20-24(28)3)33(44)26(18-19-29(38)42)40-35(46)48-37(7,8)9/h10-17,24,26-28,31H,18-21H2,1-9H3,(H2,38,42)(H,39,43)(H,40,46). The molecule has 1 aliphatic carbocycles. The molecule has 5 unspecified atom stereocenters. The predicted molar refractivity (Wildman–Crippen MR) is 183 cm³/mol. The second-order valence-corrected chi connectivity index (χ2v) is 14.7. The van der Waals surface area contributed by atoms with Crippen LogP contribution in [0.15, 0.2) is 48.5 Å². The van der Waals surface area contributed by atoms with Gasteiger partial charge in [-0.2, -0.15) is 0 Å². The molecule has 0 spiro atoms. The van der Waals surface area contributed by atoms with Crippen LogP contribution in [-0.2, 0) is 35.1 Å². The second kappa shape index (κ2) is 15.7. The van der Waals surface area contributed by atoms with E-state index in [0.29, 0.717) is 12.0 Å². The molecule has 1 fully saturated rings. The molecule has 4 amide bonds. The minimum absolute atomic E-state index is 0.0536. The van der Waals surface area contributed by atoms with Gasteiger partial charge in [-0.25, -0.2) is 9.59 Å². The first-order chi connectivity index (χ1) is 22.3. The molecule has 2 aromatic rings. The van der Waals surface area contributed by atoms with Crippen molar-refractivity contribution in [3.8, 4) is 0 Å². The van der Waals surface area contributed by atoms with Crippen molar-refractivity contribution in [3.63, 3.8) is 0 Å². The lowest BCUT2D eigenvalue weighted by Gasteiger charge is -2.37. The number of amides is 4. The average Bonchev–Trinajstić information content (AvgIpc) is 3.67. The summed E-state index contributed by atoms with van der Waals surface area (Å²) in [5, 5.41) is 5.57. The molecule has 11 heteroatoms. The van der Waals surface area contributed by atoms with E-state index in [9.17, 15) is 24.0 Å². The van der Waals surface area contributed by atoms with Gasteiger partial charge in [0.1, 0.15) is 29.3 Å². The van der Waals surface area contributed by atoms with Crippen LogP contribution in [0.4, 0.5) is 4.79 Å². The second-order valence-electron chi connectivity index (χ2n) is 14.7. The van der Waals surface area contributed by atoms with Crippen LogP contribution in [0, 0.1) is 19.8 Å². The van der Waals surface area contributed by atoms with Gasteiger partial charge in [0.15, 0.2) is 0 Å². The summed E-state index contributed by atoms with van der Waals surface area (Å²) in [4.78, 5) is 69.2. The number of nitrogens with one attached hydrogen (secondary N) is 2. The number of hydrogen-bond acceptors (Lipinski definition) is 7. The number of ether oxygens (including phenoxy) is 2. The van der Waals surface area contributed by atoms with Crippen LogP contribution in [0.1, 0.15) is 96.0 Å². The number of rotatable bonds is 13. The van der Waals surface area contributed by atoms with Crippen molar-refractivity contribution in [2.75, 3.05) is 0 Å². The fraction of sp³-hybridized carbons (Fsp3) is 0.541. The normalized spacial score (nSPS) is 17.7. The molecule has 0 bridgehead atoms. The molecule has 2 aromatic carbocycles. The lowest BCUT2D eigenvalue weighted by Crippen LogP contribution is -2.56. The zero-order valence-electron chi connectivity index (χ0n) is 29.7. The highest BCUT2D eigenvalue weighted by molar-refractivity contribution is 5.95. The van der Waals surface area contributed by atoms with Crippen LogP contribution in [0.25, 0.3) is 0 Å². The van der Waals surface area contributed by atoms with Gasteiger partial charge < -0.3 is 30.7 Å². The summed E-state index contributed by atoms with van der Waals surface area (Å²) in [5.41, 5.74) is 6.76. The summed E-state index contributed by atoms with van der Waals surface area (Å²) in [6, 6.07) is 11.1. The maximum absolute atomic E-state index is 14.7. The predicted octanol–water partition coefficient (Wildman–Crippen LogP) is 4.81. The van der Waals surface area contributed by atoms with Gasteiger partial charge in [0, 0.05) is 18.9 Å². The van der Waals surface area contributed by atoms with Gasteiger partial charge in [0.2, 0.25) is 17.7 Å². The highest BCUT2D eigenvalue weighted by Crippen LogP contribution is 2.42. The number of nitrogens with two attached hydrogens (primary N) is 1. The summed E-state index contributed by atoms with van der Waals surface area (Å²) in [5.74, 6) is -2.33. The molecular formula is C37H52N4O7. The molecule has 0 radical (unpaired) electrons. The van der Waals surface area contributed by atoms with Crippen LogP contribution in [-0.4, -0.2) is 64.0 Å². The fourth-order valence-electron chi connectivity index (χ4n) is 5.67. The number of aryl methyl sites for hydroxylation is 2. The number of carbonyl (C=O) groups is 5. The zero-order valence-corrected chi connectivity index (χ0v) is 29.7. The zero-order chi connectivity index (χ0) is 36.0. The number of nitrogens with zero attached hydrogens (tertiary/aromatic N) is 1. The highest BCUT2D eigenvalue weighted by Gasteiger charge is 2.49. The van der Waals surface area contributed by atoms with E-state index in [0.717, 1.165) is 16.7 Å². The summed E-state index contributed by atoms with van der Waals surface area (Å²) in [7, 11) is 0. The Morgan fingerprint density at radius 1 is 0.854 bits per heavy atom. The van der Waals surface area contributed by atoms with Gasteiger partial charge >= 0.3 is 12.1 Å². The van der Waals surface area contributed by atoms with Crippen molar-refractivity contribution in [3.05, 3.63) is 70.8 Å². The topological polar surface area (TPSA) is 157 Å². The van der Waals surface area contributed by atoms with Crippen LogP contribution in [0.3, 0.4) is 0 Å². The van der Waals surface area contributed by atoms with E-state index in [1.807, 2.05) is 69.3 Å². The molecule has 3 rings (SSSR count). The Morgan fingerprint density at radius 3 is 1.92 bits per heavy atom. The Morgan fingerprint density at radius 2 is 1.42 bits per heavy atom. The number of carbonyl (C=O) groups excluding carboxylic acids is 5. The van der Waals surface area contributed by atoms with Crippen molar-refractivity contribution < 1.29 is 33.4 Å². The lowest BCUT2D eigenvalue weighted by molar-refractivity contribution is -0.159. The largest absolute Gasteiger partial charge is 0.458 e. The molecule has 262 valence electrons. The molecule has 0 aromatic heterocycles. The van der Waals surface area contributed by atoms with E-state index in [4.69, 9.17) is 15.2 Å². The Bertz CT molecular complexity index is 1460. The average molecular weight is 665 g/mol. The minimum Gasteiger partial charge on any atom is -0.458 e. The smallest absolute Gasteiger partial charge is 0.408 e. The van der Waals surface area contributed by atoms with Crippen molar-refractivity contribution in [2.24, 2.45) is 11.7 Å². The van der Waals surface area contributed by atoms with Gasteiger partial charge in [0.05, 0.1) is 0 Å². The molecule has 0 aliphatic heterocycles. The van der Waals surface area contributed by atoms with Gasteiger partial charge in [-0.15, -0.1) is 0 Å². The Balaban J connectivity index is 2.12. The van der Waals surface area contributed by atoms with Crippen molar-refractivity contribution in [1.29, 1.82) is 0 Å². The quantitative estimate of drug-likeness (QED) is 0.260. The van der Waals surface area contributed by atoms with Gasteiger partial charge in [-0.05, 0) is 96.4 Å². The van der Waals surface area contributed by atoms with E-state index in [2.05, 4.69) is 10.6 Å². The molecule has 11 nitrogen and oxygen atoms in total. The SMILES string of the molecule is Cc1cccc(C)c1C(C(=O)NC(Cc1ccccc1)C(=O)OC(C)(C)C)N(C(=O)C(CCC(N)=O)NC(=O)OC(C)(C)C)C1CC1C. The van der Waals surface area contributed by atoms with Crippen LogP contribution in [0.5, 0.6) is 0 Å². The van der Waals surface area contributed by atoms with E-state index < -0.39 is 59.1 Å². The lowest BCUT2D eigenvalue weighted by atomic mass is 9.92. The third kappa shape index (κ3) is 11.1. The minimum atomic E-state index is -1.22. The van der Waals surface area contributed by atoms with Gasteiger partial charge in [-0.3, -0.25) is 14.4 Å². The first-order valence-corrected chi connectivity index (χ1v) is 16.5. The molecule has 5 atom stereocenters. The molecule has 1 saturated carbocycles. The monoisotopic (exact) mass is 664 g/mol. The van der Waals surface area contributed by atoms with E-state index in [-0.39, 0.29) is 31.2 Å². The first kappa shape index (κ1) is 38.0. The van der Waals surface area contributed by atoms with Gasteiger partial charge in [-0.1, -0.05) is 55.5 Å². The third-order valence-electron chi connectivity index (χ3n) is 7.98. The summed E-state index contributed by atoms with van der Waals surface area (Å²) >= 11 is 0. The van der Waals surface area contributed by atoms with Crippen molar-refractivity contribution >= 4 is 29.8 Å². The molecular weight excluding hydrogens is 612 g/mol. The van der Waals surface area contributed by atoms with E-state index in [1.54, 1.807) is 41.5 Å². The molecule has 0 saturated heterocycles. The molecule has 1 aliphatic rings. The Kier molecular flexibility index (Phi) is 12.4. The molecule has 0 heterocycles. The summed E-state index contributed by atoms with van der Waals surface area (Å²) < 4.78 is 11.2. The summed E-state index contributed by atoms with van der Waals surface area (Å²) in [6.45, 7) is 16.1. The van der Waals surface area contributed by atoms with Crippen molar-refractivity contribution in [1.82, 2.24) is 15.5 Å². The van der Waals surface area contributed by atoms with Crippen molar-refractivity contribution in [2.45, 2.75) is 123 Å². The number of primary amides is 1. The number of benzene rings is 2. The highest BCUT2D eigenvalue weighted by atomic mass is 16.6. The van der Waals surface area contributed by atoms with E-state index in [1.165, 1.54) is 4.90 Å². The van der Waals surface area contributed by atoms with Crippen LogP contribution >= 0.6 is 0 Å². The van der Waals surface area contributed by atoms with E-state index >= 15 is 0 Å². The first-order valence-electron chi connectivity index (χ1n) is 16.5. The maximum Gasteiger partial charge on any atom is 0.408 e. The maximum atomic E-state index is 14.7. The Hall–Kier alpha value is -4.41. The van der Waals surface area contributed by atoms with Gasteiger partial charge in [0.25, 0.3) is 0 Å². The molecule has 48 heavy (non-hydrogen) atoms. The fourth-order valence-corrected chi connectivity index (χ4v) is 5.67.